The molecule has 3 amide bonds. The van der Waals surface area contributed by atoms with E-state index in [1.165, 1.54) is 17.8 Å². The molecule has 1 spiro atoms. The van der Waals surface area contributed by atoms with Crippen LogP contribution in [-0.2, 0) is 16.6 Å². The fourth-order valence-corrected chi connectivity index (χ4v) is 6.14. The Kier molecular flexibility index (Phi) is 5.86. The summed E-state index contributed by atoms with van der Waals surface area (Å²) >= 11 is 7.67. The zero-order valence-corrected chi connectivity index (χ0v) is 19.8. The van der Waals surface area contributed by atoms with Crippen molar-refractivity contribution in [2.45, 2.75) is 37.5 Å². The van der Waals surface area contributed by atoms with Crippen LogP contribution in [-0.4, -0.2) is 66.5 Å². The maximum absolute atomic E-state index is 13.2. The Balaban J connectivity index is 1.28. The fourth-order valence-electron chi connectivity index (χ4n) is 5.27. The SMILES string of the molecule is CN1CCC2(C1)CN(C(=O)Nc1nc(CC(=O)N3CCCCC3)cs1)c1ccc(Cl)cc12. The summed E-state index contributed by atoms with van der Waals surface area (Å²) in [5.41, 5.74) is 2.69. The molecule has 5 rings (SSSR count). The van der Waals surface area contributed by atoms with Gasteiger partial charge in [-0.3, -0.25) is 15.0 Å². The number of piperidine rings is 1. The molecule has 1 N–H and O–H groups in total. The van der Waals surface area contributed by atoms with E-state index in [0.717, 1.165) is 56.7 Å². The lowest BCUT2D eigenvalue weighted by molar-refractivity contribution is -0.131. The first kappa shape index (κ1) is 21.7. The van der Waals surface area contributed by atoms with Crippen molar-refractivity contribution in [3.63, 3.8) is 0 Å². The molecule has 9 heteroatoms. The Morgan fingerprint density at radius 1 is 1.19 bits per heavy atom. The van der Waals surface area contributed by atoms with E-state index in [0.29, 0.717) is 22.4 Å². The maximum atomic E-state index is 13.2. The highest BCUT2D eigenvalue weighted by Crippen LogP contribution is 2.47. The lowest BCUT2D eigenvalue weighted by Crippen LogP contribution is -2.40. The van der Waals surface area contributed by atoms with Gasteiger partial charge in [-0.25, -0.2) is 9.78 Å². The molecule has 0 radical (unpaired) electrons. The van der Waals surface area contributed by atoms with Crippen LogP contribution in [0, 0.1) is 0 Å². The predicted molar refractivity (Wildman–Crippen MR) is 128 cm³/mol. The molecule has 3 aliphatic heterocycles. The van der Waals surface area contributed by atoms with Crippen LogP contribution in [0.15, 0.2) is 23.6 Å². The third-order valence-electron chi connectivity index (χ3n) is 6.88. The number of rotatable bonds is 3. The maximum Gasteiger partial charge on any atom is 0.328 e. The molecule has 2 aromatic rings. The molecular formula is C23H28ClN5O2S. The second-order valence-electron chi connectivity index (χ2n) is 9.21. The van der Waals surface area contributed by atoms with Crippen LogP contribution in [0.3, 0.4) is 0 Å². The van der Waals surface area contributed by atoms with Crippen LogP contribution in [0.1, 0.15) is 36.9 Å². The van der Waals surface area contributed by atoms with E-state index in [4.69, 9.17) is 11.6 Å². The van der Waals surface area contributed by atoms with Crippen molar-refractivity contribution in [1.82, 2.24) is 14.8 Å². The minimum atomic E-state index is -0.191. The number of nitrogens with zero attached hydrogens (tertiary/aromatic N) is 4. The van der Waals surface area contributed by atoms with Gasteiger partial charge in [0.1, 0.15) is 0 Å². The monoisotopic (exact) mass is 473 g/mol. The molecule has 32 heavy (non-hydrogen) atoms. The molecule has 2 fully saturated rings. The number of aromatic nitrogens is 1. The third kappa shape index (κ3) is 4.11. The Hall–Kier alpha value is -2.16. The van der Waals surface area contributed by atoms with Crippen LogP contribution < -0.4 is 10.2 Å². The van der Waals surface area contributed by atoms with Gasteiger partial charge < -0.3 is 9.80 Å². The quantitative estimate of drug-likeness (QED) is 0.732. The second-order valence-corrected chi connectivity index (χ2v) is 10.5. The molecule has 1 aromatic carbocycles. The Morgan fingerprint density at radius 2 is 2.00 bits per heavy atom. The lowest BCUT2D eigenvalue weighted by atomic mass is 9.81. The van der Waals surface area contributed by atoms with Crippen molar-refractivity contribution < 1.29 is 9.59 Å². The highest BCUT2D eigenvalue weighted by molar-refractivity contribution is 7.14. The molecule has 1 unspecified atom stereocenters. The highest BCUT2D eigenvalue weighted by atomic mass is 35.5. The minimum absolute atomic E-state index is 0.0821. The average Bonchev–Trinajstić information content (AvgIpc) is 3.47. The molecule has 1 atom stereocenters. The number of urea groups is 1. The number of benzene rings is 1. The molecule has 3 aliphatic rings. The van der Waals surface area contributed by atoms with Gasteiger partial charge in [-0.1, -0.05) is 11.6 Å². The summed E-state index contributed by atoms with van der Waals surface area (Å²) in [6, 6.07) is 5.60. The normalized spacial score (nSPS) is 23.1. The first-order valence-electron chi connectivity index (χ1n) is 11.2. The van der Waals surface area contributed by atoms with E-state index >= 15 is 0 Å². The van der Waals surface area contributed by atoms with Gasteiger partial charge in [-0.15, -0.1) is 11.3 Å². The number of carbonyl (C=O) groups is 2. The first-order chi connectivity index (χ1) is 15.4. The van der Waals surface area contributed by atoms with Gasteiger partial charge in [0.05, 0.1) is 12.1 Å². The van der Waals surface area contributed by atoms with Crippen molar-refractivity contribution >= 4 is 45.7 Å². The van der Waals surface area contributed by atoms with Crippen LogP contribution >= 0.6 is 22.9 Å². The number of likely N-dealkylation sites (tertiary alicyclic amines) is 2. The zero-order valence-electron chi connectivity index (χ0n) is 18.3. The Bertz CT molecular complexity index is 1040. The fraction of sp³-hybridized carbons (Fsp3) is 0.522. The van der Waals surface area contributed by atoms with Gasteiger partial charge in [0, 0.05) is 47.7 Å². The molecule has 0 bridgehead atoms. The van der Waals surface area contributed by atoms with Gasteiger partial charge in [0.25, 0.3) is 0 Å². The summed E-state index contributed by atoms with van der Waals surface area (Å²) in [5, 5.41) is 6.04. The van der Waals surface area contributed by atoms with Crippen LogP contribution in [0.25, 0.3) is 0 Å². The van der Waals surface area contributed by atoms with E-state index < -0.39 is 0 Å². The average molecular weight is 474 g/mol. The number of amides is 3. The van der Waals surface area contributed by atoms with Crippen molar-refractivity contribution in [1.29, 1.82) is 0 Å². The van der Waals surface area contributed by atoms with Crippen molar-refractivity contribution in [3.8, 4) is 0 Å². The Morgan fingerprint density at radius 3 is 2.75 bits per heavy atom. The van der Waals surface area contributed by atoms with Gasteiger partial charge in [-0.2, -0.15) is 0 Å². The molecule has 2 saturated heterocycles. The largest absolute Gasteiger partial charge is 0.342 e. The van der Waals surface area contributed by atoms with E-state index in [1.807, 2.05) is 33.4 Å². The number of carbonyl (C=O) groups excluding carboxylic acids is 2. The summed E-state index contributed by atoms with van der Waals surface area (Å²) in [7, 11) is 2.12. The number of halogens is 1. The number of hydrogen-bond acceptors (Lipinski definition) is 5. The summed E-state index contributed by atoms with van der Waals surface area (Å²) in [4.78, 5) is 36.3. The van der Waals surface area contributed by atoms with Gasteiger partial charge >= 0.3 is 6.03 Å². The molecule has 0 saturated carbocycles. The van der Waals surface area contributed by atoms with Gasteiger partial charge in [0.15, 0.2) is 5.13 Å². The van der Waals surface area contributed by atoms with Crippen molar-refractivity contribution in [3.05, 3.63) is 39.9 Å². The molecule has 0 aliphatic carbocycles. The molecule has 7 nitrogen and oxygen atoms in total. The summed E-state index contributed by atoms with van der Waals surface area (Å²) < 4.78 is 0. The van der Waals surface area contributed by atoms with Crippen LogP contribution in [0.4, 0.5) is 15.6 Å². The lowest BCUT2D eigenvalue weighted by Gasteiger charge is -2.26. The highest BCUT2D eigenvalue weighted by Gasteiger charge is 2.48. The molecule has 170 valence electrons. The number of thiazole rings is 1. The first-order valence-corrected chi connectivity index (χ1v) is 12.5. The van der Waals surface area contributed by atoms with E-state index in [2.05, 4.69) is 22.2 Å². The predicted octanol–water partition coefficient (Wildman–Crippen LogP) is 3.98. The number of nitrogens with one attached hydrogen (secondary N) is 1. The van der Waals surface area contributed by atoms with Gasteiger partial charge in [0.2, 0.25) is 5.91 Å². The molecule has 4 heterocycles. The minimum Gasteiger partial charge on any atom is -0.342 e. The number of likely N-dealkylation sites (N-methyl/N-ethyl adjacent to an activating group) is 1. The van der Waals surface area contributed by atoms with Crippen molar-refractivity contribution in [2.24, 2.45) is 0 Å². The second kappa shape index (κ2) is 8.65. The topological polar surface area (TPSA) is 68.8 Å². The number of fused-ring (bicyclic) bond motifs is 2. The summed E-state index contributed by atoms with van der Waals surface area (Å²) in [5.74, 6) is 0.116. The van der Waals surface area contributed by atoms with Crippen LogP contribution in [0.5, 0.6) is 0 Å². The van der Waals surface area contributed by atoms with E-state index in [9.17, 15) is 9.59 Å². The number of anilines is 2. The number of hydrogen-bond donors (Lipinski definition) is 1. The van der Waals surface area contributed by atoms with Crippen LogP contribution in [0.2, 0.25) is 5.02 Å². The standard InChI is InChI=1S/C23H28ClN5O2S/c1-27-10-7-23(14-27)15-29(19-6-5-16(24)11-18(19)23)22(31)26-21-25-17(13-32-21)12-20(30)28-8-3-2-4-9-28/h5-6,11,13H,2-4,7-10,12,14-15H2,1H3,(H,25,26,31). The van der Waals surface area contributed by atoms with Crippen molar-refractivity contribution in [2.75, 3.05) is 50.0 Å². The molecular weight excluding hydrogens is 446 g/mol. The molecule has 1 aromatic heterocycles. The summed E-state index contributed by atoms with van der Waals surface area (Å²) in [6.07, 6.45) is 4.63. The summed E-state index contributed by atoms with van der Waals surface area (Å²) in [6.45, 7) is 4.21. The van der Waals surface area contributed by atoms with E-state index in [-0.39, 0.29) is 23.8 Å². The smallest absolute Gasteiger partial charge is 0.328 e. The third-order valence-corrected chi connectivity index (χ3v) is 7.92. The van der Waals surface area contributed by atoms with E-state index in [1.54, 1.807) is 0 Å². The zero-order chi connectivity index (χ0) is 22.3. The van der Waals surface area contributed by atoms with Gasteiger partial charge in [-0.05, 0) is 63.0 Å². The Labute approximate surface area is 197 Å².